The van der Waals surface area contributed by atoms with Crippen molar-refractivity contribution in [2.24, 2.45) is 13.0 Å². The molecule has 2 fully saturated rings. The molecule has 0 amide bonds. The summed E-state index contributed by atoms with van der Waals surface area (Å²) in [6.07, 6.45) is 9.97. The van der Waals surface area contributed by atoms with Gasteiger partial charge in [-0.1, -0.05) is 25.8 Å². The molecule has 1 N–H and O–H groups in total. The summed E-state index contributed by atoms with van der Waals surface area (Å²) in [6, 6.07) is 4.40. The topological polar surface area (TPSA) is 80.0 Å². The van der Waals surface area contributed by atoms with Crippen molar-refractivity contribution in [2.75, 3.05) is 4.90 Å². The molecule has 0 unspecified atom stereocenters. The molecule has 5 rings (SSSR count). The molecule has 7 nitrogen and oxygen atoms in total. The van der Waals surface area contributed by atoms with Crippen LogP contribution in [0.5, 0.6) is 5.75 Å². The quantitative estimate of drug-likeness (QED) is 0.500. The predicted molar refractivity (Wildman–Crippen MR) is 126 cm³/mol. The highest BCUT2D eigenvalue weighted by Crippen LogP contribution is 2.45. The number of aryl methyl sites for hydroxylation is 1. The maximum atomic E-state index is 15.5. The smallest absolute Gasteiger partial charge is 0.270 e. The number of alkyl halides is 2. The van der Waals surface area contributed by atoms with E-state index in [1.54, 1.807) is 27.9 Å². The van der Waals surface area contributed by atoms with Crippen molar-refractivity contribution in [1.29, 1.82) is 0 Å². The summed E-state index contributed by atoms with van der Waals surface area (Å²) in [6.45, 7) is 1.85. The summed E-state index contributed by atoms with van der Waals surface area (Å²) in [5, 5.41) is 23.3. The first-order valence-corrected chi connectivity index (χ1v) is 12.1. The zero-order valence-electron chi connectivity index (χ0n) is 19.5. The molecule has 9 heteroatoms. The number of hydrogen-bond acceptors (Lipinski definition) is 6. The first kappa shape index (κ1) is 22.7. The van der Waals surface area contributed by atoms with Crippen LogP contribution in [0.2, 0.25) is 0 Å². The van der Waals surface area contributed by atoms with E-state index in [0.29, 0.717) is 30.6 Å². The monoisotopic (exact) mass is 468 g/mol. The van der Waals surface area contributed by atoms with Crippen LogP contribution >= 0.6 is 0 Å². The Labute approximate surface area is 197 Å². The molecule has 0 saturated heterocycles. The Morgan fingerprint density at radius 1 is 1.09 bits per heavy atom. The van der Waals surface area contributed by atoms with Gasteiger partial charge in [0.1, 0.15) is 5.75 Å². The number of rotatable bonds is 6. The van der Waals surface area contributed by atoms with Gasteiger partial charge in [-0.25, -0.2) is 13.8 Å². The number of benzene rings is 1. The summed E-state index contributed by atoms with van der Waals surface area (Å²) in [4.78, 5) is 6.20. The fraction of sp³-hybridized carbons (Fsp3) is 0.520. The molecular formula is C25H30F2N6O. The van der Waals surface area contributed by atoms with Crippen LogP contribution in [0.25, 0.3) is 22.5 Å². The van der Waals surface area contributed by atoms with E-state index >= 15 is 8.78 Å². The van der Waals surface area contributed by atoms with Gasteiger partial charge in [-0.05, 0) is 49.8 Å². The fourth-order valence-corrected chi connectivity index (χ4v) is 5.12. The molecule has 0 aliphatic heterocycles. The lowest BCUT2D eigenvalue weighted by atomic mass is 9.90. The van der Waals surface area contributed by atoms with E-state index in [1.165, 1.54) is 6.20 Å². The lowest BCUT2D eigenvalue weighted by molar-refractivity contribution is -0.0816. The number of phenols is 1. The molecule has 180 valence electrons. The van der Waals surface area contributed by atoms with E-state index < -0.39 is 17.9 Å². The molecular weight excluding hydrogens is 438 g/mol. The summed E-state index contributed by atoms with van der Waals surface area (Å²) in [7, 11) is 1.83. The van der Waals surface area contributed by atoms with Gasteiger partial charge < -0.3 is 10.0 Å². The molecule has 34 heavy (non-hydrogen) atoms. The second-order valence-corrected chi connectivity index (χ2v) is 9.49. The van der Waals surface area contributed by atoms with Crippen LogP contribution in [0.3, 0.4) is 0 Å². The third-order valence-electron chi connectivity index (χ3n) is 7.13. The van der Waals surface area contributed by atoms with Gasteiger partial charge in [0.25, 0.3) is 5.92 Å². The maximum absolute atomic E-state index is 15.5. The van der Waals surface area contributed by atoms with Crippen molar-refractivity contribution >= 4 is 5.82 Å². The fourth-order valence-electron chi connectivity index (χ4n) is 5.12. The minimum Gasteiger partial charge on any atom is -0.507 e. The van der Waals surface area contributed by atoms with Crippen molar-refractivity contribution < 1.29 is 13.9 Å². The Morgan fingerprint density at radius 3 is 2.50 bits per heavy atom. The van der Waals surface area contributed by atoms with Crippen LogP contribution in [0.4, 0.5) is 14.6 Å². The highest BCUT2D eigenvalue weighted by molar-refractivity contribution is 5.72. The number of halogens is 2. The second kappa shape index (κ2) is 8.92. The standard InChI is InChI=1S/C25H30F2N6O/c1-3-18-6-4-5-7-22(25(18,26)27)33(19-9-10-19)23-14-28-24(31-30-23)20-11-8-16(12-21(20)34)17-13-29-32(2)15-17/h8,11-15,18-19,22,34H,3-7,9-10H2,1-2H3/t18-,22-/m0/s1. The average molecular weight is 469 g/mol. The molecule has 0 radical (unpaired) electrons. The van der Waals surface area contributed by atoms with Gasteiger partial charge in [0, 0.05) is 30.8 Å². The van der Waals surface area contributed by atoms with Gasteiger partial charge >= 0.3 is 0 Å². The predicted octanol–water partition coefficient (Wildman–Crippen LogP) is 5.22. The van der Waals surface area contributed by atoms with Crippen molar-refractivity contribution in [3.8, 4) is 28.3 Å². The largest absolute Gasteiger partial charge is 0.507 e. The molecule has 2 heterocycles. The normalized spacial score (nSPS) is 22.4. The molecule has 1 aromatic carbocycles. The van der Waals surface area contributed by atoms with Crippen LogP contribution in [0, 0.1) is 5.92 Å². The molecule has 2 saturated carbocycles. The zero-order valence-corrected chi connectivity index (χ0v) is 19.5. The van der Waals surface area contributed by atoms with Crippen molar-refractivity contribution in [1.82, 2.24) is 25.0 Å². The third-order valence-corrected chi connectivity index (χ3v) is 7.13. The summed E-state index contributed by atoms with van der Waals surface area (Å²) in [5.74, 6) is -2.73. The van der Waals surface area contributed by atoms with Gasteiger partial charge in [-0.3, -0.25) is 4.68 Å². The van der Waals surface area contributed by atoms with Gasteiger partial charge in [0.15, 0.2) is 11.6 Å². The average Bonchev–Trinajstić information content (AvgIpc) is 3.59. The van der Waals surface area contributed by atoms with E-state index in [-0.39, 0.29) is 17.6 Å². The number of phenolic OH excluding ortho intramolecular Hbond substituents is 1. The number of aromatic nitrogens is 5. The number of hydrogen-bond donors (Lipinski definition) is 1. The SMILES string of the molecule is CC[C@H]1CCCC[C@H](N(c2cnc(-c3ccc(-c4cnn(C)c4)cc3O)nn2)C2CC2)C1(F)F. The van der Waals surface area contributed by atoms with Crippen LogP contribution in [0.15, 0.2) is 36.8 Å². The molecule has 2 aliphatic carbocycles. The van der Waals surface area contributed by atoms with Gasteiger partial charge in [-0.15, -0.1) is 10.2 Å². The third kappa shape index (κ3) is 4.23. The highest BCUT2D eigenvalue weighted by atomic mass is 19.3. The van der Waals surface area contributed by atoms with Crippen LogP contribution < -0.4 is 4.90 Å². The van der Waals surface area contributed by atoms with Crippen LogP contribution in [-0.4, -0.2) is 48.1 Å². The molecule has 0 spiro atoms. The van der Waals surface area contributed by atoms with Crippen molar-refractivity contribution in [2.45, 2.75) is 69.9 Å². The van der Waals surface area contributed by atoms with E-state index in [0.717, 1.165) is 36.8 Å². The van der Waals surface area contributed by atoms with Crippen LogP contribution in [-0.2, 0) is 7.05 Å². The number of aromatic hydroxyl groups is 1. The maximum Gasteiger partial charge on any atom is 0.270 e. The van der Waals surface area contributed by atoms with Gasteiger partial charge in [-0.2, -0.15) is 5.10 Å². The summed E-state index contributed by atoms with van der Waals surface area (Å²) >= 11 is 0. The van der Waals surface area contributed by atoms with Crippen molar-refractivity contribution in [3.05, 3.63) is 36.8 Å². The summed E-state index contributed by atoms with van der Waals surface area (Å²) < 4.78 is 32.8. The van der Waals surface area contributed by atoms with E-state index in [4.69, 9.17) is 0 Å². The lowest BCUT2D eigenvalue weighted by Gasteiger charge is -2.39. The molecule has 3 aromatic rings. The van der Waals surface area contributed by atoms with Crippen LogP contribution in [0.1, 0.15) is 51.9 Å². The minimum absolute atomic E-state index is 0.0241. The molecule has 2 aromatic heterocycles. The second-order valence-electron chi connectivity index (χ2n) is 9.49. The molecule has 2 atom stereocenters. The van der Waals surface area contributed by atoms with E-state index in [2.05, 4.69) is 20.3 Å². The Hall–Kier alpha value is -3.10. The first-order valence-electron chi connectivity index (χ1n) is 12.1. The Kier molecular flexibility index (Phi) is 5.95. The first-order chi connectivity index (χ1) is 16.4. The zero-order chi connectivity index (χ0) is 23.9. The van der Waals surface area contributed by atoms with Gasteiger partial charge in [0.05, 0.1) is 24.0 Å². The van der Waals surface area contributed by atoms with Crippen molar-refractivity contribution in [3.63, 3.8) is 0 Å². The Morgan fingerprint density at radius 2 is 1.88 bits per heavy atom. The van der Waals surface area contributed by atoms with Gasteiger partial charge in [0.2, 0.25) is 0 Å². The van der Waals surface area contributed by atoms with E-state index in [9.17, 15) is 5.11 Å². The Bertz CT molecular complexity index is 1140. The number of nitrogens with zero attached hydrogens (tertiary/aromatic N) is 6. The molecule has 2 aliphatic rings. The molecule has 0 bridgehead atoms. The highest BCUT2D eigenvalue weighted by Gasteiger charge is 2.52. The minimum atomic E-state index is -2.78. The van der Waals surface area contributed by atoms with E-state index in [1.807, 2.05) is 26.2 Å². The lowest BCUT2D eigenvalue weighted by Crippen LogP contribution is -2.52. The summed E-state index contributed by atoms with van der Waals surface area (Å²) in [5.41, 5.74) is 2.14. The number of anilines is 1. The Balaban J connectivity index is 1.42.